The van der Waals surface area contributed by atoms with E-state index in [9.17, 15) is 9.59 Å². The van der Waals surface area contributed by atoms with Crippen LogP contribution >= 0.6 is 0 Å². The van der Waals surface area contributed by atoms with Crippen LogP contribution in [0.25, 0.3) is 0 Å². The van der Waals surface area contributed by atoms with Gasteiger partial charge < -0.3 is 24.6 Å². The van der Waals surface area contributed by atoms with Crippen LogP contribution in [-0.2, 0) is 14.3 Å². The molecule has 2 amide bonds. The van der Waals surface area contributed by atoms with Gasteiger partial charge in [-0.2, -0.15) is 0 Å². The zero-order valence-electron chi connectivity index (χ0n) is 14.8. The third kappa shape index (κ3) is 8.56. The summed E-state index contributed by atoms with van der Waals surface area (Å²) in [4.78, 5) is 27.6. The van der Waals surface area contributed by atoms with Gasteiger partial charge in [0.2, 0.25) is 5.91 Å². The molecule has 0 saturated carbocycles. The number of carbonyl (C=O) groups is 2. The predicted octanol–water partition coefficient (Wildman–Crippen LogP) is 0.856. The maximum Gasteiger partial charge on any atom is 0.410 e. The van der Waals surface area contributed by atoms with Crippen molar-refractivity contribution < 1.29 is 19.1 Å². The van der Waals surface area contributed by atoms with Crippen molar-refractivity contribution in [3.8, 4) is 0 Å². The van der Waals surface area contributed by atoms with E-state index in [1.165, 1.54) is 6.08 Å². The summed E-state index contributed by atoms with van der Waals surface area (Å²) in [6.45, 7) is 7.82. The second kappa shape index (κ2) is 8.88. The highest BCUT2D eigenvalue weighted by Crippen LogP contribution is 2.11. The van der Waals surface area contributed by atoms with Gasteiger partial charge in [0, 0.05) is 25.7 Å². The van der Waals surface area contributed by atoms with Crippen molar-refractivity contribution in [1.82, 2.24) is 15.1 Å². The molecule has 1 aliphatic rings. The van der Waals surface area contributed by atoms with E-state index in [2.05, 4.69) is 5.32 Å². The van der Waals surface area contributed by atoms with Gasteiger partial charge in [-0.15, -0.1) is 0 Å². The van der Waals surface area contributed by atoms with Crippen LogP contribution < -0.4 is 5.32 Å². The van der Waals surface area contributed by atoms with Crippen molar-refractivity contribution >= 4 is 12.0 Å². The largest absolute Gasteiger partial charge is 0.444 e. The molecule has 1 heterocycles. The zero-order chi connectivity index (χ0) is 17.5. The zero-order valence-corrected chi connectivity index (χ0v) is 14.8. The van der Waals surface area contributed by atoms with Crippen molar-refractivity contribution in [2.75, 3.05) is 46.9 Å². The van der Waals surface area contributed by atoms with E-state index in [0.717, 1.165) is 0 Å². The SMILES string of the molecule is CN(C)C/C=C/C(=O)NC1COCCN(C(=O)OC(C)(C)C)C1. The molecule has 1 N–H and O–H groups in total. The maximum absolute atomic E-state index is 12.2. The number of nitrogens with zero attached hydrogens (tertiary/aromatic N) is 2. The Balaban J connectivity index is 2.54. The van der Waals surface area contributed by atoms with Gasteiger partial charge in [0.25, 0.3) is 0 Å². The highest BCUT2D eigenvalue weighted by molar-refractivity contribution is 5.87. The highest BCUT2D eigenvalue weighted by atomic mass is 16.6. The van der Waals surface area contributed by atoms with E-state index in [-0.39, 0.29) is 18.0 Å². The van der Waals surface area contributed by atoms with Gasteiger partial charge in [-0.1, -0.05) is 6.08 Å². The van der Waals surface area contributed by atoms with E-state index in [1.807, 2.05) is 39.8 Å². The predicted molar refractivity (Wildman–Crippen MR) is 88.3 cm³/mol. The fourth-order valence-corrected chi connectivity index (χ4v) is 2.01. The number of hydrogen-bond acceptors (Lipinski definition) is 5. The third-order valence-corrected chi connectivity index (χ3v) is 3.00. The lowest BCUT2D eigenvalue weighted by Crippen LogP contribution is -2.47. The van der Waals surface area contributed by atoms with Gasteiger partial charge in [0.15, 0.2) is 0 Å². The number of rotatable bonds is 4. The van der Waals surface area contributed by atoms with E-state index < -0.39 is 5.60 Å². The molecule has 23 heavy (non-hydrogen) atoms. The van der Waals surface area contributed by atoms with Gasteiger partial charge in [-0.05, 0) is 34.9 Å². The smallest absolute Gasteiger partial charge is 0.410 e. The van der Waals surface area contributed by atoms with E-state index in [0.29, 0.717) is 32.8 Å². The maximum atomic E-state index is 12.2. The molecule has 1 unspecified atom stereocenters. The second-order valence-corrected chi connectivity index (χ2v) is 6.87. The fraction of sp³-hybridized carbons (Fsp3) is 0.750. The minimum absolute atomic E-state index is 0.188. The van der Waals surface area contributed by atoms with Crippen molar-refractivity contribution in [2.45, 2.75) is 32.4 Å². The van der Waals surface area contributed by atoms with Gasteiger partial charge in [0.05, 0.1) is 19.3 Å². The molecule has 0 spiro atoms. The van der Waals surface area contributed by atoms with E-state index >= 15 is 0 Å². The highest BCUT2D eigenvalue weighted by Gasteiger charge is 2.27. The van der Waals surface area contributed by atoms with Crippen molar-refractivity contribution in [3.63, 3.8) is 0 Å². The number of hydrogen-bond donors (Lipinski definition) is 1. The minimum atomic E-state index is -0.544. The van der Waals surface area contributed by atoms with Crippen molar-refractivity contribution in [2.24, 2.45) is 0 Å². The Hall–Kier alpha value is -1.60. The minimum Gasteiger partial charge on any atom is -0.444 e. The van der Waals surface area contributed by atoms with E-state index in [4.69, 9.17) is 9.47 Å². The van der Waals surface area contributed by atoms with Crippen molar-refractivity contribution in [3.05, 3.63) is 12.2 Å². The van der Waals surface area contributed by atoms with Crippen LogP contribution in [0.3, 0.4) is 0 Å². The summed E-state index contributed by atoms with van der Waals surface area (Å²) in [5.41, 5.74) is -0.544. The second-order valence-electron chi connectivity index (χ2n) is 6.87. The standard InChI is InChI=1S/C16H29N3O4/c1-16(2,3)23-15(21)19-9-10-22-12-13(11-19)17-14(20)7-6-8-18(4)5/h6-7,13H,8-12H2,1-5H3,(H,17,20)/b7-6+. The summed E-state index contributed by atoms with van der Waals surface area (Å²) in [6, 6.07) is -0.249. The third-order valence-electron chi connectivity index (χ3n) is 3.00. The first-order chi connectivity index (χ1) is 10.7. The molecule has 7 heteroatoms. The van der Waals surface area contributed by atoms with Crippen molar-refractivity contribution in [1.29, 1.82) is 0 Å². The molecule has 0 aromatic heterocycles. The quantitative estimate of drug-likeness (QED) is 0.776. The van der Waals surface area contributed by atoms with Gasteiger partial charge in [-0.25, -0.2) is 4.79 Å². The number of carbonyl (C=O) groups excluding carboxylic acids is 2. The summed E-state index contributed by atoms with van der Waals surface area (Å²) in [6.07, 6.45) is 2.91. The number of likely N-dealkylation sites (N-methyl/N-ethyl adjacent to an activating group) is 1. The summed E-state index contributed by atoms with van der Waals surface area (Å²) >= 11 is 0. The Bertz CT molecular complexity index is 430. The normalized spacial score (nSPS) is 19.7. The number of ether oxygens (including phenoxy) is 2. The van der Waals surface area contributed by atoms with Crippen LogP contribution in [0.1, 0.15) is 20.8 Å². The average molecular weight is 327 g/mol. The van der Waals surface area contributed by atoms with Gasteiger partial charge in [-0.3, -0.25) is 4.79 Å². The van der Waals surface area contributed by atoms with Crippen LogP contribution in [0, 0.1) is 0 Å². The van der Waals surface area contributed by atoms with Crippen LogP contribution in [0.4, 0.5) is 4.79 Å². The summed E-state index contributed by atoms with van der Waals surface area (Å²) in [7, 11) is 3.86. The van der Waals surface area contributed by atoms with Crippen LogP contribution in [-0.4, -0.2) is 80.4 Å². The summed E-state index contributed by atoms with van der Waals surface area (Å²) in [5, 5.41) is 2.86. The molecule has 1 saturated heterocycles. The molecule has 1 aliphatic heterocycles. The molecule has 1 rings (SSSR count). The Morgan fingerprint density at radius 2 is 2.09 bits per heavy atom. The molecule has 0 radical (unpaired) electrons. The lowest BCUT2D eigenvalue weighted by molar-refractivity contribution is -0.117. The van der Waals surface area contributed by atoms with Crippen LogP contribution in [0.5, 0.6) is 0 Å². The molecule has 1 atom stereocenters. The van der Waals surface area contributed by atoms with Gasteiger partial charge in [0.1, 0.15) is 5.60 Å². The lowest BCUT2D eigenvalue weighted by atomic mass is 10.2. The molecule has 1 fully saturated rings. The summed E-state index contributed by atoms with van der Waals surface area (Å²) < 4.78 is 10.8. The molecule has 0 aliphatic carbocycles. The molecular formula is C16H29N3O4. The molecular weight excluding hydrogens is 298 g/mol. The fourth-order valence-electron chi connectivity index (χ4n) is 2.01. The first-order valence-electron chi connectivity index (χ1n) is 7.85. The monoisotopic (exact) mass is 327 g/mol. The Labute approximate surface area is 138 Å². The Kier molecular flexibility index (Phi) is 7.51. The molecule has 132 valence electrons. The van der Waals surface area contributed by atoms with Crippen LogP contribution in [0.15, 0.2) is 12.2 Å². The lowest BCUT2D eigenvalue weighted by Gasteiger charge is -2.27. The first kappa shape index (κ1) is 19.4. The Morgan fingerprint density at radius 3 is 2.70 bits per heavy atom. The van der Waals surface area contributed by atoms with Crippen LogP contribution in [0.2, 0.25) is 0 Å². The summed E-state index contributed by atoms with van der Waals surface area (Å²) in [5.74, 6) is -0.188. The van der Waals surface area contributed by atoms with Gasteiger partial charge >= 0.3 is 6.09 Å². The Morgan fingerprint density at radius 1 is 1.39 bits per heavy atom. The average Bonchev–Trinajstić information content (AvgIpc) is 2.61. The molecule has 0 bridgehead atoms. The number of amides is 2. The topological polar surface area (TPSA) is 71.1 Å². The molecule has 0 aromatic rings. The number of nitrogens with one attached hydrogen (secondary N) is 1. The first-order valence-corrected chi connectivity index (χ1v) is 7.85. The molecule has 7 nitrogen and oxygen atoms in total. The van der Waals surface area contributed by atoms with E-state index in [1.54, 1.807) is 11.0 Å². The molecule has 0 aromatic carbocycles.